The Balaban J connectivity index is 2.50. The molecule has 0 N–H and O–H groups in total. The fourth-order valence-electron chi connectivity index (χ4n) is 1.82. The molecule has 0 aliphatic rings. The minimum Gasteiger partial charge on any atom is -0.374 e. The third-order valence-corrected chi connectivity index (χ3v) is 2.54. The van der Waals surface area contributed by atoms with Gasteiger partial charge in [-0.3, -0.25) is 0 Å². The Morgan fingerprint density at radius 3 is 2.67 bits per heavy atom. The van der Waals surface area contributed by atoms with E-state index in [1.165, 1.54) is 10.8 Å². The lowest BCUT2D eigenvalue weighted by molar-refractivity contribution is 0.0958. The Bertz CT molecular complexity index is 443. The van der Waals surface area contributed by atoms with Gasteiger partial charge in [-0.25, -0.2) is 0 Å². The average molecular weight is 199 g/mol. The summed E-state index contributed by atoms with van der Waals surface area (Å²) < 4.78 is 5.52. The highest BCUT2D eigenvalue weighted by atomic mass is 16.5. The van der Waals surface area contributed by atoms with Crippen LogP contribution in [0.15, 0.2) is 42.5 Å². The van der Waals surface area contributed by atoms with Crippen molar-refractivity contribution in [1.29, 1.82) is 0 Å². The summed E-state index contributed by atoms with van der Waals surface area (Å²) in [5, 5.41) is 2.47. The summed E-state index contributed by atoms with van der Waals surface area (Å²) in [5.41, 5.74) is 1.16. The molecule has 0 aliphatic carbocycles. The molecule has 1 radical (unpaired) electrons. The minimum absolute atomic E-state index is 0.0823. The van der Waals surface area contributed by atoms with Crippen LogP contribution in [0.1, 0.15) is 18.6 Å². The monoisotopic (exact) mass is 199 g/mol. The molecule has 0 spiro atoms. The molecule has 0 amide bonds. The molecule has 0 aromatic heterocycles. The molecule has 0 bridgehead atoms. The Kier molecular flexibility index (Phi) is 3.02. The summed E-state index contributed by atoms with van der Waals surface area (Å²) in [4.78, 5) is 0. The van der Waals surface area contributed by atoms with Gasteiger partial charge in [0, 0.05) is 6.61 Å². The second-order valence-electron chi connectivity index (χ2n) is 3.51. The van der Waals surface area contributed by atoms with Crippen molar-refractivity contribution < 1.29 is 4.74 Å². The fourth-order valence-corrected chi connectivity index (χ4v) is 1.82. The normalized spacial score (nSPS) is 12.9. The van der Waals surface area contributed by atoms with Gasteiger partial charge in [0.1, 0.15) is 0 Å². The van der Waals surface area contributed by atoms with Gasteiger partial charge in [-0.05, 0) is 30.2 Å². The Hall–Kier alpha value is -1.34. The van der Waals surface area contributed by atoms with Crippen LogP contribution in [0.3, 0.4) is 0 Å². The molecule has 2 aromatic carbocycles. The van der Waals surface area contributed by atoms with Crippen LogP contribution in [0.25, 0.3) is 10.8 Å². The van der Waals surface area contributed by atoms with Crippen LogP contribution < -0.4 is 0 Å². The van der Waals surface area contributed by atoms with Gasteiger partial charge in [-0.2, -0.15) is 0 Å². The first kappa shape index (κ1) is 10.2. The van der Waals surface area contributed by atoms with Gasteiger partial charge < -0.3 is 4.74 Å². The zero-order valence-corrected chi connectivity index (χ0v) is 8.94. The van der Waals surface area contributed by atoms with Crippen molar-refractivity contribution in [2.75, 3.05) is 6.61 Å². The zero-order chi connectivity index (χ0) is 10.7. The number of ether oxygens (including phenoxy) is 1. The first-order valence-electron chi connectivity index (χ1n) is 5.25. The van der Waals surface area contributed by atoms with Gasteiger partial charge in [-0.1, -0.05) is 42.5 Å². The van der Waals surface area contributed by atoms with E-state index >= 15 is 0 Å². The molecule has 1 nitrogen and oxygen atoms in total. The number of rotatable bonds is 3. The van der Waals surface area contributed by atoms with Crippen molar-refractivity contribution in [3.63, 3.8) is 0 Å². The van der Waals surface area contributed by atoms with Gasteiger partial charge in [0.15, 0.2) is 0 Å². The summed E-state index contributed by atoms with van der Waals surface area (Å²) in [7, 11) is 0. The highest BCUT2D eigenvalue weighted by molar-refractivity contribution is 5.86. The molecular weight excluding hydrogens is 184 g/mol. The minimum atomic E-state index is -0.0823. The first-order chi connectivity index (χ1) is 7.33. The van der Waals surface area contributed by atoms with E-state index in [9.17, 15) is 0 Å². The lowest BCUT2D eigenvalue weighted by Crippen LogP contribution is -2.00. The van der Waals surface area contributed by atoms with Crippen LogP contribution in [-0.2, 0) is 4.74 Å². The Morgan fingerprint density at radius 1 is 1.13 bits per heavy atom. The second kappa shape index (κ2) is 4.45. The van der Waals surface area contributed by atoms with E-state index in [-0.39, 0.29) is 6.10 Å². The Labute approximate surface area is 90.7 Å². The van der Waals surface area contributed by atoms with E-state index in [0.717, 1.165) is 5.56 Å². The van der Waals surface area contributed by atoms with Crippen molar-refractivity contribution in [2.45, 2.75) is 13.0 Å². The second-order valence-corrected chi connectivity index (χ2v) is 3.51. The van der Waals surface area contributed by atoms with Crippen molar-refractivity contribution in [1.82, 2.24) is 0 Å². The summed E-state index contributed by atoms with van der Waals surface area (Å²) >= 11 is 0. The molecule has 1 unspecified atom stereocenters. The molecule has 2 aromatic rings. The van der Waals surface area contributed by atoms with Crippen LogP contribution in [-0.4, -0.2) is 6.61 Å². The van der Waals surface area contributed by atoms with Gasteiger partial charge in [0.2, 0.25) is 0 Å². The molecule has 0 fully saturated rings. The molecule has 0 heterocycles. The maximum absolute atomic E-state index is 5.52. The zero-order valence-electron chi connectivity index (χ0n) is 8.94. The predicted molar refractivity (Wildman–Crippen MR) is 63.7 cm³/mol. The van der Waals surface area contributed by atoms with Crippen LogP contribution in [0.2, 0.25) is 0 Å². The van der Waals surface area contributed by atoms with E-state index in [1.807, 2.05) is 19.1 Å². The maximum Gasteiger partial charge on any atom is 0.0831 e. The number of hydrogen-bond donors (Lipinski definition) is 0. The average Bonchev–Trinajstić information content (AvgIpc) is 2.28. The molecule has 2 rings (SSSR count). The summed E-state index contributed by atoms with van der Waals surface area (Å²) in [6, 6.07) is 14.6. The standard InChI is InChI=1S/C14H15O/c1-3-15-11(2)13-10-6-8-12-7-4-5-9-14(12)13/h4-11H,2-3H2,1H3. The van der Waals surface area contributed by atoms with E-state index < -0.39 is 0 Å². The third-order valence-electron chi connectivity index (χ3n) is 2.54. The van der Waals surface area contributed by atoms with Crippen molar-refractivity contribution in [2.24, 2.45) is 0 Å². The predicted octanol–water partition coefficient (Wildman–Crippen LogP) is 3.75. The Morgan fingerprint density at radius 2 is 1.87 bits per heavy atom. The highest BCUT2D eigenvalue weighted by Crippen LogP contribution is 2.25. The van der Waals surface area contributed by atoms with Gasteiger partial charge in [-0.15, -0.1) is 0 Å². The molecule has 0 saturated carbocycles. The molecule has 1 heteroatoms. The SMILES string of the molecule is [CH2]C(OCC)c1cccc2ccccc12. The van der Waals surface area contributed by atoms with Gasteiger partial charge >= 0.3 is 0 Å². The summed E-state index contributed by atoms with van der Waals surface area (Å²) in [6.45, 7) is 6.71. The first-order valence-corrected chi connectivity index (χ1v) is 5.25. The summed E-state index contributed by atoms with van der Waals surface area (Å²) in [6.07, 6.45) is -0.0823. The van der Waals surface area contributed by atoms with Crippen LogP contribution >= 0.6 is 0 Å². The molecule has 0 aliphatic heterocycles. The van der Waals surface area contributed by atoms with Crippen molar-refractivity contribution in [3.05, 3.63) is 55.0 Å². The fraction of sp³-hybridized carbons (Fsp3) is 0.214. The smallest absolute Gasteiger partial charge is 0.0831 e. The molecule has 1 atom stereocenters. The highest BCUT2D eigenvalue weighted by Gasteiger charge is 2.07. The molecule has 77 valence electrons. The number of hydrogen-bond acceptors (Lipinski definition) is 1. The largest absolute Gasteiger partial charge is 0.374 e. The van der Waals surface area contributed by atoms with Gasteiger partial charge in [0.05, 0.1) is 6.10 Å². The number of benzene rings is 2. The quantitative estimate of drug-likeness (QED) is 0.731. The van der Waals surface area contributed by atoms with Crippen LogP contribution in [0, 0.1) is 6.92 Å². The van der Waals surface area contributed by atoms with E-state index in [4.69, 9.17) is 4.74 Å². The van der Waals surface area contributed by atoms with Crippen LogP contribution in [0.5, 0.6) is 0 Å². The van der Waals surface area contributed by atoms with E-state index in [2.05, 4.69) is 37.3 Å². The van der Waals surface area contributed by atoms with Crippen LogP contribution in [0.4, 0.5) is 0 Å². The number of fused-ring (bicyclic) bond motifs is 1. The molecule has 15 heavy (non-hydrogen) atoms. The van der Waals surface area contributed by atoms with Crippen molar-refractivity contribution in [3.8, 4) is 0 Å². The third kappa shape index (κ3) is 2.02. The lowest BCUT2D eigenvalue weighted by Gasteiger charge is -2.14. The van der Waals surface area contributed by atoms with E-state index in [0.29, 0.717) is 6.61 Å². The molecule has 0 saturated heterocycles. The summed E-state index contributed by atoms with van der Waals surface area (Å²) in [5.74, 6) is 0. The van der Waals surface area contributed by atoms with E-state index in [1.54, 1.807) is 0 Å². The van der Waals surface area contributed by atoms with Gasteiger partial charge in [0.25, 0.3) is 0 Å². The lowest BCUT2D eigenvalue weighted by atomic mass is 10.0. The molecular formula is C14H15O. The maximum atomic E-state index is 5.52. The van der Waals surface area contributed by atoms with Crippen molar-refractivity contribution >= 4 is 10.8 Å². The topological polar surface area (TPSA) is 9.23 Å².